The fraction of sp³-hybridized carbons (Fsp3) is 0.129. The molecule has 0 fully saturated rings. The van der Waals surface area contributed by atoms with Gasteiger partial charge in [-0.25, -0.2) is 0 Å². The fourth-order valence-corrected chi connectivity index (χ4v) is 18.3. The lowest BCUT2D eigenvalue weighted by Crippen LogP contribution is -2.16. The molecular weight excluding hydrogens is 1240 g/mol. The summed E-state index contributed by atoms with van der Waals surface area (Å²) in [5.41, 5.74) is 37.2. The second-order valence-electron chi connectivity index (χ2n) is 31.1. The van der Waals surface area contributed by atoms with Crippen molar-refractivity contribution in [1.29, 1.82) is 0 Å². The Morgan fingerprint density at radius 1 is 0.184 bits per heavy atom. The van der Waals surface area contributed by atoms with Crippen LogP contribution in [0, 0.1) is 27.7 Å². The highest BCUT2D eigenvalue weighted by Crippen LogP contribution is 2.58. The van der Waals surface area contributed by atoms with Gasteiger partial charge in [0.25, 0.3) is 0 Å². The van der Waals surface area contributed by atoms with E-state index in [1.165, 1.54) is 177 Å². The molecule has 0 atom stereocenters. The summed E-state index contributed by atoms with van der Waals surface area (Å²) in [5, 5.41) is 10.1. The molecule has 0 radical (unpaired) electrons. The number of hydrogen-bond acceptors (Lipinski definition) is 2. The van der Waals surface area contributed by atoms with E-state index in [-0.39, 0.29) is 16.2 Å². The van der Waals surface area contributed by atoms with E-state index >= 15 is 0 Å². The Bertz CT molecular complexity index is 5630. The van der Waals surface area contributed by atoms with Crippen molar-refractivity contribution in [1.82, 2.24) is 0 Å². The Morgan fingerprint density at radius 3 is 0.563 bits per heavy atom. The van der Waals surface area contributed by atoms with Gasteiger partial charge in [-0.15, -0.1) is 0 Å². The molecule has 0 aromatic heterocycles. The average Bonchev–Trinajstić information content (AvgIpc) is 1.44. The van der Waals surface area contributed by atoms with E-state index in [4.69, 9.17) is 0 Å². The maximum atomic E-state index is 2.53. The number of hydrogen-bond donors (Lipinski definition) is 0. The standard InChI is InChI=1S/C101H80N2/c1-61-27-39-69(40-28-61)102(70-41-29-62(2)30-42-70)73-47-53-79-77-51-37-67(57-91(77)100(7,8)93(79)59-73)97-85-23-15-11-19-81(85)95(82-20-12-16-24-86(82)97)65-35-49-75-76-50-36-66(56-90(76)99(5,6)89(75)55-65)96-83-21-13-17-25-87(83)98(88-26-18-14-22-84(88)96)68-38-52-78-80-54-48-74(60-94(80)101(9,10)92(78)58-68)103(71-43-31-63(3)32-44-71)72-45-33-64(4)34-46-72/h11-60H,1-10H3. The van der Waals surface area contributed by atoms with Crippen LogP contribution in [0.3, 0.4) is 0 Å². The van der Waals surface area contributed by atoms with Gasteiger partial charge in [0, 0.05) is 50.4 Å². The van der Waals surface area contributed by atoms with E-state index in [0.717, 1.165) is 34.1 Å². The Balaban J connectivity index is 0.670. The Kier molecular flexibility index (Phi) is 13.9. The monoisotopic (exact) mass is 1320 g/mol. The van der Waals surface area contributed by atoms with E-state index < -0.39 is 0 Å². The van der Waals surface area contributed by atoms with E-state index in [9.17, 15) is 0 Å². The number of fused-ring (bicyclic) bond motifs is 13. The first-order valence-electron chi connectivity index (χ1n) is 36.6. The summed E-state index contributed by atoms with van der Waals surface area (Å²) in [6.45, 7) is 23.2. The third-order valence-electron chi connectivity index (χ3n) is 23.7. The van der Waals surface area contributed by atoms with Crippen LogP contribution in [0.1, 0.15) is 97.2 Å². The number of nitrogens with zero attached hydrogens (tertiary/aromatic N) is 2. The Morgan fingerprint density at radius 2 is 0.359 bits per heavy atom. The van der Waals surface area contributed by atoms with Crippen LogP contribution in [-0.2, 0) is 16.2 Å². The number of benzene rings is 16. The van der Waals surface area contributed by atoms with Gasteiger partial charge in [0.2, 0.25) is 0 Å². The molecule has 0 unspecified atom stereocenters. The first kappa shape index (κ1) is 62.2. The second-order valence-corrected chi connectivity index (χ2v) is 31.1. The highest BCUT2D eigenvalue weighted by atomic mass is 15.1. The van der Waals surface area contributed by atoms with E-state index in [1.807, 2.05) is 0 Å². The Labute approximate surface area is 605 Å². The molecule has 0 aliphatic heterocycles. The van der Waals surface area contributed by atoms with E-state index in [0.29, 0.717) is 0 Å². The van der Waals surface area contributed by atoms with Crippen LogP contribution >= 0.6 is 0 Å². The summed E-state index contributed by atoms with van der Waals surface area (Å²) in [6.07, 6.45) is 0. The zero-order valence-corrected chi connectivity index (χ0v) is 60.3. The maximum Gasteiger partial charge on any atom is 0.0465 e. The number of anilines is 6. The van der Waals surface area contributed by atoms with Crippen LogP contribution < -0.4 is 9.80 Å². The quantitative estimate of drug-likeness (QED) is 0.126. The Hall–Kier alpha value is -11.8. The third-order valence-corrected chi connectivity index (χ3v) is 23.7. The molecule has 16 aromatic carbocycles. The van der Waals surface area contributed by atoms with E-state index in [1.54, 1.807) is 0 Å². The molecule has 0 saturated heterocycles. The smallest absolute Gasteiger partial charge is 0.0465 e. The van der Waals surface area contributed by atoms with Crippen LogP contribution in [0.4, 0.5) is 34.1 Å². The van der Waals surface area contributed by atoms with Crippen LogP contribution in [0.25, 0.3) is 121 Å². The van der Waals surface area contributed by atoms with Crippen LogP contribution in [0.2, 0.25) is 0 Å². The van der Waals surface area contributed by atoms with Crippen molar-refractivity contribution in [3.05, 3.63) is 359 Å². The topological polar surface area (TPSA) is 6.48 Å². The molecule has 19 rings (SSSR count). The molecule has 0 amide bonds. The lowest BCUT2D eigenvalue weighted by molar-refractivity contribution is 0.660. The van der Waals surface area contributed by atoms with Crippen molar-refractivity contribution in [2.45, 2.75) is 85.5 Å². The molecule has 2 heteroatoms. The summed E-state index contributed by atoms with van der Waals surface area (Å²) in [5.74, 6) is 0. The summed E-state index contributed by atoms with van der Waals surface area (Å²) >= 11 is 0. The van der Waals surface area contributed by atoms with Gasteiger partial charge >= 0.3 is 0 Å². The molecule has 3 aliphatic carbocycles. The SMILES string of the molecule is Cc1ccc(N(c2ccc(C)cc2)c2ccc3c(c2)C(C)(C)c2cc(-c4c5ccccc5c(-c5ccc6c(c5)C(C)(C)c5cc(-c7c8ccccc8c(-c8ccc9c(c8)C(C)(C)c8cc(N(c%10ccc(C)cc%10)c%10ccc(C)cc%10)ccc8-9)c8ccccc78)ccc5-6)c5ccccc45)ccc2-3)cc1. The highest BCUT2D eigenvalue weighted by Gasteiger charge is 2.40. The predicted octanol–water partition coefficient (Wildman–Crippen LogP) is 28.1. The molecular formula is C101H80N2. The minimum absolute atomic E-state index is 0.256. The molecule has 16 aromatic rings. The summed E-state index contributed by atoms with van der Waals surface area (Å²) in [7, 11) is 0. The lowest BCUT2D eigenvalue weighted by atomic mass is 9.78. The van der Waals surface area contributed by atoms with Gasteiger partial charge in [-0.05, 0) is 279 Å². The van der Waals surface area contributed by atoms with Gasteiger partial charge in [-0.3, -0.25) is 0 Å². The molecule has 0 heterocycles. The zero-order valence-electron chi connectivity index (χ0n) is 60.3. The minimum atomic E-state index is -0.293. The van der Waals surface area contributed by atoms with Gasteiger partial charge in [0.1, 0.15) is 0 Å². The minimum Gasteiger partial charge on any atom is -0.310 e. The third kappa shape index (κ3) is 9.60. The first-order chi connectivity index (χ1) is 50.0. The molecule has 0 bridgehead atoms. The van der Waals surface area contributed by atoms with Gasteiger partial charge in [0.15, 0.2) is 0 Å². The number of rotatable bonds is 10. The molecule has 103 heavy (non-hydrogen) atoms. The summed E-state index contributed by atoms with van der Waals surface area (Å²) < 4.78 is 0. The number of aryl methyl sites for hydroxylation is 4. The summed E-state index contributed by atoms with van der Waals surface area (Å²) in [6, 6.07) is 116. The zero-order chi connectivity index (χ0) is 69.9. The molecule has 2 nitrogen and oxygen atoms in total. The second kappa shape index (κ2) is 23.1. The van der Waals surface area contributed by atoms with Crippen molar-refractivity contribution in [2.75, 3.05) is 9.80 Å². The summed E-state index contributed by atoms with van der Waals surface area (Å²) in [4.78, 5) is 4.81. The normalized spacial score (nSPS) is 14.0. The molecule has 494 valence electrons. The van der Waals surface area contributed by atoms with Crippen molar-refractivity contribution in [3.8, 4) is 77.9 Å². The first-order valence-corrected chi connectivity index (χ1v) is 36.6. The van der Waals surface area contributed by atoms with Gasteiger partial charge in [-0.1, -0.05) is 270 Å². The average molecular weight is 1320 g/mol. The molecule has 3 aliphatic rings. The van der Waals surface area contributed by atoms with Crippen LogP contribution in [-0.4, -0.2) is 0 Å². The van der Waals surface area contributed by atoms with Crippen molar-refractivity contribution in [2.24, 2.45) is 0 Å². The lowest BCUT2D eigenvalue weighted by Gasteiger charge is -2.28. The van der Waals surface area contributed by atoms with Crippen molar-refractivity contribution in [3.63, 3.8) is 0 Å². The largest absolute Gasteiger partial charge is 0.310 e. The molecule has 0 saturated carbocycles. The van der Waals surface area contributed by atoms with Gasteiger partial charge in [-0.2, -0.15) is 0 Å². The van der Waals surface area contributed by atoms with Gasteiger partial charge < -0.3 is 9.80 Å². The molecule has 0 spiro atoms. The fourth-order valence-electron chi connectivity index (χ4n) is 18.3. The highest BCUT2D eigenvalue weighted by molar-refractivity contribution is 6.23. The van der Waals surface area contributed by atoms with Crippen LogP contribution in [0.5, 0.6) is 0 Å². The van der Waals surface area contributed by atoms with Gasteiger partial charge in [0.05, 0.1) is 0 Å². The predicted molar refractivity (Wildman–Crippen MR) is 439 cm³/mol. The van der Waals surface area contributed by atoms with Crippen LogP contribution in [0.15, 0.2) is 303 Å². The maximum absolute atomic E-state index is 2.53. The van der Waals surface area contributed by atoms with E-state index in [2.05, 4.69) is 382 Å². The van der Waals surface area contributed by atoms with Crippen molar-refractivity contribution < 1.29 is 0 Å². The molecule has 0 N–H and O–H groups in total. The van der Waals surface area contributed by atoms with Crippen molar-refractivity contribution >= 4 is 77.2 Å².